The number of nitrogens with one attached hydrogen (secondary N) is 1. The molecule has 0 fully saturated rings. The highest BCUT2D eigenvalue weighted by molar-refractivity contribution is 5.93. The Balaban J connectivity index is 2.17. The van der Waals surface area contributed by atoms with Crippen LogP contribution in [0.4, 0.5) is 0 Å². The molecule has 1 heterocycles. The average molecular weight is 318 g/mol. The second kappa shape index (κ2) is 7.35. The standard InChI is InChI=1S/C16H18N2O5/c1-10-5-7-13(23-10)16(19)18-17-9-11-6-8-12(20-2)15(22-4)14(11)21-3/h5-9H,1-4H3,(H,18,19). The number of carbonyl (C=O) groups is 1. The fourth-order valence-corrected chi connectivity index (χ4v) is 2.00. The molecule has 0 atom stereocenters. The van der Waals surface area contributed by atoms with Gasteiger partial charge in [0.1, 0.15) is 5.76 Å². The number of hydrazone groups is 1. The molecule has 0 radical (unpaired) electrons. The normalized spacial score (nSPS) is 10.6. The summed E-state index contributed by atoms with van der Waals surface area (Å²) in [6.07, 6.45) is 1.45. The minimum atomic E-state index is -0.436. The molecule has 0 saturated carbocycles. The van der Waals surface area contributed by atoms with Gasteiger partial charge in [0.15, 0.2) is 17.3 Å². The zero-order valence-corrected chi connectivity index (χ0v) is 13.4. The lowest BCUT2D eigenvalue weighted by atomic mass is 10.2. The summed E-state index contributed by atoms with van der Waals surface area (Å²) < 4.78 is 21.0. The summed E-state index contributed by atoms with van der Waals surface area (Å²) in [5.74, 6) is 1.86. The van der Waals surface area contributed by atoms with Crippen LogP contribution in [-0.4, -0.2) is 33.5 Å². The number of rotatable bonds is 6. The molecule has 0 spiro atoms. The van der Waals surface area contributed by atoms with E-state index >= 15 is 0 Å². The largest absolute Gasteiger partial charge is 0.493 e. The number of ether oxygens (including phenoxy) is 3. The molecule has 1 aromatic heterocycles. The average Bonchev–Trinajstić information content (AvgIpc) is 3.00. The first-order chi connectivity index (χ1) is 11.1. The number of methoxy groups -OCH3 is 3. The second-order valence-corrected chi connectivity index (χ2v) is 4.53. The van der Waals surface area contributed by atoms with E-state index in [4.69, 9.17) is 18.6 Å². The van der Waals surface area contributed by atoms with E-state index in [-0.39, 0.29) is 5.76 Å². The summed E-state index contributed by atoms with van der Waals surface area (Å²) in [5, 5.41) is 3.91. The molecule has 0 bridgehead atoms. The maximum absolute atomic E-state index is 11.8. The molecule has 1 amide bonds. The van der Waals surface area contributed by atoms with Crippen molar-refractivity contribution in [2.45, 2.75) is 6.92 Å². The predicted octanol–water partition coefficient (Wildman–Crippen LogP) is 2.38. The Hall–Kier alpha value is -2.96. The first-order valence-corrected chi connectivity index (χ1v) is 6.79. The minimum Gasteiger partial charge on any atom is -0.493 e. The summed E-state index contributed by atoms with van der Waals surface area (Å²) in [7, 11) is 4.57. The van der Waals surface area contributed by atoms with E-state index in [2.05, 4.69) is 10.5 Å². The lowest BCUT2D eigenvalue weighted by Gasteiger charge is -2.13. The third-order valence-corrected chi connectivity index (χ3v) is 3.07. The van der Waals surface area contributed by atoms with E-state index < -0.39 is 5.91 Å². The Morgan fingerprint density at radius 2 is 1.83 bits per heavy atom. The van der Waals surface area contributed by atoms with Gasteiger partial charge in [-0.3, -0.25) is 4.79 Å². The SMILES string of the molecule is COc1ccc(C=NNC(=O)c2ccc(C)o2)c(OC)c1OC. The van der Waals surface area contributed by atoms with E-state index in [0.717, 1.165) is 0 Å². The van der Waals surface area contributed by atoms with Gasteiger partial charge in [-0.2, -0.15) is 5.10 Å². The lowest BCUT2D eigenvalue weighted by Crippen LogP contribution is -2.16. The van der Waals surface area contributed by atoms with Gasteiger partial charge in [-0.1, -0.05) is 0 Å². The third kappa shape index (κ3) is 3.63. The summed E-state index contributed by atoms with van der Waals surface area (Å²) in [5.41, 5.74) is 3.01. The van der Waals surface area contributed by atoms with Gasteiger partial charge in [-0.05, 0) is 31.2 Å². The topological polar surface area (TPSA) is 82.3 Å². The number of carbonyl (C=O) groups excluding carboxylic acids is 1. The fraction of sp³-hybridized carbons (Fsp3) is 0.250. The molecule has 0 saturated heterocycles. The van der Waals surface area contributed by atoms with Crippen molar-refractivity contribution in [2.24, 2.45) is 5.10 Å². The zero-order valence-electron chi connectivity index (χ0n) is 13.4. The van der Waals surface area contributed by atoms with Crippen LogP contribution in [0.25, 0.3) is 0 Å². The van der Waals surface area contributed by atoms with Gasteiger partial charge in [0.05, 0.1) is 27.5 Å². The molecule has 0 aliphatic heterocycles. The molecule has 23 heavy (non-hydrogen) atoms. The van der Waals surface area contributed by atoms with Crippen LogP contribution in [0.15, 0.2) is 33.8 Å². The Kier molecular flexibility index (Phi) is 5.24. The van der Waals surface area contributed by atoms with Crippen LogP contribution in [0.1, 0.15) is 21.9 Å². The highest BCUT2D eigenvalue weighted by atomic mass is 16.5. The van der Waals surface area contributed by atoms with E-state index in [1.165, 1.54) is 27.5 Å². The highest BCUT2D eigenvalue weighted by Crippen LogP contribution is 2.38. The molecule has 2 rings (SSSR count). The van der Waals surface area contributed by atoms with Gasteiger partial charge in [-0.15, -0.1) is 0 Å². The summed E-state index contributed by atoms with van der Waals surface area (Å²) in [4.78, 5) is 11.8. The Morgan fingerprint density at radius 1 is 1.09 bits per heavy atom. The molecule has 7 heteroatoms. The minimum absolute atomic E-state index is 0.193. The van der Waals surface area contributed by atoms with Crippen LogP contribution >= 0.6 is 0 Å². The lowest BCUT2D eigenvalue weighted by molar-refractivity contribution is 0.0926. The summed E-state index contributed by atoms with van der Waals surface area (Å²) in [6, 6.07) is 6.75. The van der Waals surface area contributed by atoms with Crippen LogP contribution in [0.3, 0.4) is 0 Å². The molecule has 0 aliphatic carbocycles. The van der Waals surface area contributed by atoms with Crippen molar-refractivity contribution < 1.29 is 23.4 Å². The molecule has 122 valence electrons. The molecule has 1 N–H and O–H groups in total. The smallest absolute Gasteiger partial charge is 0.307 e. The van der Waals surface area contributed by atoms with E-state index in [0.29, 0.717) is 28.6 Å². The number of hydrogen-bond acceptors (Lipinski definition) is 6. The molecular formula is C16H18N2O5. The highest BCUT2D eigenvalue weighted by Gasteiger charge is 2.15. The molecule has 1 aromatic carbocycles. The maximum Gasteiger partial charge on any atom is 0.307 e. The second-order valence-electron chi connectivity index (χ2n) is 4.53. The number of nitrogens with zero attached hydrogens (tertiary/aromatic N) is 1. The first kappa shape index (κ1) is 16.4. The van der Waals surface area contributed by atoms with Crippen molar-refractivity contribution in [3.8, 4) is 17.2 Å². The van der Waals surface area contributed by atoms with Crippen LogP contribution < -0.4 is 19.6 Å². The van der Waals surface area contributed by atoms with Crippen molar-refractivity contribution in [1.29, 1.82) is 0 Å². The van der Waals surface area contributed by atoms with E-state index in [1.54, 1.807) is 31.2 Å². The molecule has 2 aromatic rings. The zero-order chi connectivity index (χ0) is 16.8. The molecule has 0 unspecified atom stereocenters. The van der Waals surface area contributed by atoms with Crippen LogP contribution in [0, 0.1) is 6.92 Å². The van der Waals surface area contributed by atoms with Crippen molar-refractivity contribution >= 4 is 12.1 Å². The monoisotopic (exact) mass is 318 g/mol. The molecular weight excluding hydrogens is 300 g/mol. The Bertz CT molecular complexity index is 721. The van der Waals surface area contributed by atoms with Crippen molar-refractivity contribution in [1.82, 2.24) is 5.43 Å². The number of furan rings is 1. The van der Waals surface area contributed by atoms with Crippen LogP contribution in [-0.2, 0) is 0 Å². The summed E-state index contributed by atoms with van der Waals surface area (Å²) >= 11 is 0. The number of hydrogen-bond donors (Lipinski definition) is 1. The first-order valence-electron chi connectivity index (χ1n) is 6.79. The number of amides is 1. The van der Waals surface area contributed by atoms with E-state index in [1.807, 2.05) is 0 Å². The fourth-order valence-electron chi connectivity index (χ4n) is 2.00. The Morgan fingerprint density at radius 3 is 2.39 bits per heavy atom. The van der Waals surface area contributed by atoms with Gasteiger partial charge in [0.25, 0.3) is 0 Å². The van der Waals surface area contributed by atoms with Gasteiger partial charge in [-0.25, -0.2) is 5.43 Å². The number of aryl methyl sites for hydroxylation is 1. The van der Waals surface area contributed by atoms with Crippen LogP contribution in [0.5, 0.6) is 17.2 Å². The van der Waals surface area contributed by atoms with Crippen molar-refractivity contribution in [3.05, 3.63) is 41.3 Å². The van der Waals surface area contributed by atoms with Gasteiger partial charge in [0, 0.05) is 5.56 Å². The van der Waals surface area contributed by atoms with Crippen LogP contribution in [0.2, 0.25) is 0 Å². The third-order valence-electron chi connectivity index (χ3n) is 3.07. The predicted molar refractivity (Wildman–Crippen MR) is 84.6 cm³/mol. The molecule has 7 nitrogen and oxygen atoms in total. The summed E-state index contributed by atoms with van der Waals surface area (Å²) in [6.45, 7) is 1.76. The maximum atomic E-state index is 11.8. The Labute approximate surface area is 133 Å². The van der Waals surface area contributed by atoms with Gasteiger partial charge in [0.2, 0.25) is 5.75 Å². The van der Waals surface area contributed by atoms with Crippen molar-refractivity contribution in [2.75, 3.05) is 21.3 Å². The molecule has 0 aliphatic rings. The number of benzene rings is 1. The quantitative estimate of drug-likeness (QED) is 0.653. The van der Waals surface area contributed by atoms with Gasteiger partial charge >= 0.3 is 5.91 Å². The van der Waals surface area contributed by atoms with E-state index in [9.17, 15) is 4.79 Å². The van der Waals surface area contributed by atoms with Gasteiger partial charge < -0.3 is 18.6 Å². The van der Waals surface area contributed by atoms with Crippen molar-refractivity contribution in [3.63, 3.8) is 0 Å².